The highest BCUT2D eigenvalue weighted by Crippen LogP contribution is 2.35. The molecule has 36 heavy (non-hydrogen) atoms. The molecule has 0 saturated heterocycles. The molecule has 4 rings (SSSR count). The number of aldehydes is 1. The number of benzene rings is 3. The molecule has 0 unspecified atom stereocenters. The van der Waals surface area contributed by atoms with Crippen LogP contribution in [-0.4, -0.2) is 30.5 Å². The number of nitrogens with one attached hydrogen (secondary N) is 2. The van der Waals surface area contributed by atoms with E-state index >= 15 is 0 Å². The summed E-state index contributed by atoms with van der Waals surface area (Å²) in [5.74, 6) is 0.826. The maximum atomic E-state index is 13.6. The van der Waals surface area contributed by atoms with Crippen LogP contribution in [0.5, 0.6) is 17.2 Å². The van der Waals surface area contributed by atoms with Crippen LogP contribution in [0, 0.1) is 5.82 Å². The van der Waals surface area contributed by atoms with E-state index in [1.807, 2.05) is 0 Å². The van der Waals surface area contributed by atoms with Crippen LogP contribution in [0.3, 0.4) is 0 Å². The molecule has 0 spiro atoms. The number of aromatic nitrogens is 1. The van der Waals surface area contributed by atoms with E-state index in [4.69, 9.17) is 44.9 Å². The van der Waals surface area contributed by atoms with E-state index < -0.39 is 5.82 Å². The van der Waals surface area contributed by atoms with Gasteiger partial charge in [-0.05, 0) is 61.7 Å². The smallest absolute Gasteiger partial charge is 0.175 e. The predicted octanol–water partition coefficient (Wildman–Crippen LogP) is 6.68. The molecule has 11 heteroatoms. The Kier molecular flexibility index (Phi) is 9.38. The maximum absolute atomic E-state index is 13.6. The fourth-order valence-corrected chi connectivity index (χ4v) is 3.73. The molecule has 7 nitrogen and oxygen atoms in total. The molecule has 0 radical (unpaired) electrons. The van der Waals surface area contributed by atoms with Gasteiger partial charge in [-0.2, -0.15) is 0 Å². The second kappa shape index (κ2) is 12.5. The summed E-state index contributed by atoms with van der Waals surface area (Å²) in [5.41, 5.74) is 6.45. The minimum atomic E-state index is -0.559. The van der Waals surface area contributed by atoms with E-state index in [1.165, 1.54) is 26.3 Å². The number of thiocarbonyl (C=S) groups is 1. The zero-order valence-corrected chi connectivity index (χ0v) is 21.5. The van der Waals surface area contributed by atoms with E-state index in [1.54, 1.807) is 48.7 Å². The molecule has 3 aromatic carbocycles. The van der Waals surface area contributed by atoms with Gasteiger partial charge in [0, 0.05) is 29.4 Å². The summed E-state index contributed by atoms with van der Waals surface area (Å²) in [7, 11) is 2.99. The average Bonchev–Trinajstić information content (AvgIpc) is 2.88. The lowest BCUT2D eigenvalue weighted by Crippen LogP contribution is -2.19. The molecule has 0 amide bonds. The van der Waals surface area contributed by atoms with Crippen molar-refractivity contribution in [1.82, 2.24) is 4.98 Å². The molecule has 0 fully saturated rings. The predicted molar refractivity (Wildman–Crippen MR) is 147 cm³/mol. The monoisotopic (exact) mass is 546 g/mol. The lowest BCUT2D eigenvalue weighted by Gasteiger charge is -2.14. The van der Waals surface area contributed by atoms with Crippen LogP contribution in [0.25, 0.3) is 10.9 Å². The fraction of sp³-hybridized carbons (Fsp3) is 0.0800. The van der Waals surface area contributed by atoms with Gasteiger partial charge in [-0.1, -0.05) is 23.2 Å². The van der Waals surface area contributed by atoms with E-state index in [9.17, 15) is 9.18 Å². The first-order valence-corrected chi connectivity index (χ1v) is 11.5. The highest BCUT2D eigenvalue weighted by molar-refractivity contribution is 7.80. The van der Waals surface area contributed by atoms with Gasteiger partial charge in [0.05, 0.1) is 33.9 Å². The van der Waals surface area contributed by atoms with Crippen LogP contribution >= 0.6 is 35.4 Å². The Morgan fingerprint density at radius 1 is 1.03 bits per heavy atom. The molecule has 4 N–H and O–H groups in total. The normalized spacial score (nSPS) is 10.2. The van der Waals surface area contributed by atoms with Crippen LogP contribution in [0.4, 0.5) is 15.8 Å². The number of hydrogen-bond acceptors (Lipinski definition) is 6. The first-order chi connectivity index (χ1) is 17.4. The van der Waals surface area contributed by atoms with Crippen molar-refractivity contribution >= 4 is 69.1 Å². The standard InChI is InChI=1S/C24H16Cl2FN3O3S.CH5N/c1-32-23-11-21-16(8-13(23)12-31)22(6-7-28-21)33-15-3-5-20(18(26)10-15)30-24(34)29-14-2-4-17(25)19(27)9-14;1-2/h2-12H,1H3,(H2,29,30,34);2H2,1H3. The summed E-state index contributed by atoms with van der Waals surface area (Å²) >= 11 is 17.4. The molecule has 186 valence electrons. The number of methoxy groups -OCH3 is 1. The van der Waals surface area contributed by atoms with Gasteiger partial charge in [0.25, 0.3) is 0 Å². The molecule has 1 aromatic heterocycles. The quantitative estimate of drug-likeness (QED) is 0.182. The number of nitrogens with zero attached hydrogens (tertiary/aromatic N) is 1. The van der Waals surface area contributed by atoms with Crippen LogP contribution in [0.1, 0.15) is 10.4 Å². The Morgan fingerprint density at radius 3 is 2.47 bits per heavy atom. The maximum Gasteiger partial charge on any atom is 0.175 e. The first-order valence-electron chi connectivity index (χ1n) is 10.4. The Bertz CT molecular complexity index is 1420. The van der Waals surface area contributed by atoms with Crippen LogP contribution in [-0.2, 0) is 0 Å². The molecule has 4 aromatic rings. The third-order valence-electron chi connectivity index (χ3n) is 4.77. The number of pyridine rings is 1. The lowest BCUT2D eigenvalue weighted by molar-refractivity contribution is 0.112. The van der Waals surface area contributed by atoms with Crippen LogP contribution in [0.15, 0.2) is 60.8 Å². The number of halogens is 3. The highest BCUT2D eigenvalue weighted by Gasteiger charge is 2.12. The van der Waals surface area contributed by atoms with Crippen molar-refractivity contribution in [3.8, 4) is 17.2 Å². The van der Waals surface area contributed by atoms with Gasteiger partial charge in [-0.25, -0.2) is 4.39 Å². The van der Waals surface area contributed by atoms with Crippen LogP contribution in [0.2, 0.25) is 10.0 Å². The van der Waals surface area contributed by atoms with E-state index in [-0.39, 0.29) is 10.1 Å². The summed E-state index contributed by atoms with van der Waals surface area (Å²) in [5, 5.41) is 7.05. The van der Waals surface area contributed by atoms with Crippen molar-refractivity contribution in [3.63, 3.8) is 0 Å². The third-order valence-corrected chi connectivity index (χ3v) is 5.60. The van der Waals surface area contributed by atoms with Gasteiger partial charge in [-0.15, -0.1) is 0 Å². The zero-order valence-electron chi connectivity index (χ0n) is 19.1. The van der Waals surface area contributed by atoms with Crippen LogP contribution < -0.4 is 25.8 Å². The fourth-order valence-electron chi connectivity index (χ4n) is 3.17. The molecular weight excluding hydrogens is 526 g/mol. The number of fused-ring (bicyclic) bond motifs is 1. The Morgan fingerprint density at radius 2 is 1.81 bits per heavy atom. The van der Waals surface area contributed by atoms with Crippen molar-refractivity contribution in [3.05, 3.63) is 82.2 Å². The highest BCUT2D eigenvalue weighted by atomic mass is 35.5. The first kappa shape index (κ1) is 27.1. The molecular formula is C25H21Cl2FN4O3S. The second-order valence-corrected chi connectivity index (χ2v) is 8.21. The van der Waals surface area contributed by atoms with Crippen molar-refractivity contribution in [2.75, 3.05) is 24.8 Å². The van der Waals surface area contributed by atoms with E-state index in [0.29, 0.717) is 56.4 Å². The molecule has 1 heterocycles. The van der Waals surface area contributed by atoms with Gasteiger partial charge in [0.1, 0.15) is 23.1 Å². The van der Waals surface area contributed by atoms with Crippen molar-refractivity contribution in [2.24, 2.45) is 5.73 Å². The number of carbonyl (C=O) groups is 1. The second-order valence-electron chi connectivity index (χ2n) is 6.99. The number of carbonyl (C=O) groups excluding carboxylic acids is 1. The summed E-state index contributed by atoms with van der Waals surface area (Å²) in [4.78, 5) is 15.7. The van der Waals surface area contributed by atoms with Crippen molar-refractivity contribution < 1.29 is 18.7 Å². The number of anilines is 2. The van der Waals surface area contributed by atoms with Gasteiger partial charge in [-0.3, -0.25) is 9.78 Å². The average molecular weight is 547 g/mol. The van der Waals surface area contributed by atoms with Crippen molar-refractivity contribution in [2.45, 2.75) is 0 Å². The molecule has 0 bridgehead atoms. The van der Waals surface area contributed by atoms with E-state index in [2.05, 4.69) is 21.4 Å². The molecule has 0 saturated carbocycles. The molecule has 0 aliphatic carbocycles. The van der Waals surface area contributed by atoms with Gasteiger partial charge < -0.3 is 25.8 Å². The number of ether oxygens (including phenoxy) is 2. The minimum absolute atomic E-state index is 0.0200. The van der Waals surface area contributed by atoms with Crippen molar-refractivity contribution in [1.29, 1.82) is 0 Å². The Balaban J connectivity index is 0.00000176. The molecule has 0 aliphatic rings. The van der Waals surface area contributed by atoms with Gasteiger partial charge in [0.15, 0.2) is 11.4 Å². The largest absolute Gasteiger partial charge is 0.496 e. The third kappa shape index (κ3) is 6.38. The number of nitrogens with two attached hydrogens (primary N) is 1. The van der Waals surface area contributed by atoms with E-state index in [0.717, 1.165) is 0 Å². The summed E-state index contributed by atoms with van der Waals surface area (Å²) in [6.07, 6.45) is 2.31. The molecule has 0 aliphatic heterocycles. The van der Waals surface area contributed by atoms with Gasteiger partial charge >= 0.3 is 0 Å². The number of rotatable bonds is 6. The number of hydrogen-bond donors (Lipinski definition) is 3. The lowest BCUT2D eigenvalue weighted by atomic mass is 10.1. The summed E-state index contributed by atoms with van der Waals surface area (Å²) < 4.78 is 24.9. The van der Waals surface area contributed by atoms with Gasteiger partial charge in [0.2, 0.25) is 0 Å². The minimum Gasteiger partial charge on any atom is -0.496 e. The Hall–Kier alpha value is -3.50. The zero-order chi connectivity index (χ0) is 26.2. The topological polar surface area (TPSA) is 98.5 Å². The summed E-state index contributed by atoms with van der Waals surface area (Å²) in [6, 6.07) is 14.3. The Labute approximate surface area is 222 Å². The molecule has 0 atom stereocenters. The summed E-state index contributed by atoms with van der Waals surface area (Å²) in [6.45, 7) is 0. The SMILES string of the molecule is CN.COc1cc2nccc(Oc3ccc(NC(=S)Nc4ccc(Cl)c(F)c4)c(Cl)c3)c2cc1C=O.